The lowest BCUT2D eigenvalue weighted by atomic mass is 10.1. The molecule has 7 heteroatoms. The standard InChI is InChI=1S/C26H31N3O4/c1-19-25(20(2)33-28-19)18-32-23-10-8-21(9-11-23)14-26(30)27-15-24-17-29(12-13-31-24)16-22-6-4-3-5-7-22/h3-11,24H,12-18H2,1-2H3,(H,27,30). The molecule has 1 amide bonds. The molecule has 1 unspecified atom stereocenters. The quantitative estimate of drug-likeness (QED) is 0.539. The minimum absolute atomic E-state index is 0.00603. The summed E-state index contributed by atoms with van der Waals surface area (Å²) in [5.41, 5.74) is 4.03. The smallest absolute Gasteiger partial charge is 0.224 e. The third-order valence-electron chi connectivity index (χ3n) is 5.85. The van der Waals surface area contributed by atoms with Crippen molar-refractivity contribution in [1.29, 1.82) is 0 Å². The normalized spacial score (nSPS) is 16.5. The van der Waals surface area contributed by atoms with E-state index < -0.39 is 0 Å². The minimum atomic E-state index is -0.0110. The summed E-state index contributed by atoms with van der Waals surface area (Å²) >= 11 is 0. The van der Waals surface area contributed by atoms with Crippen molar-refractivity contribution in [2.45, 2.75) is 39.5 Å². The van der Waals surface area contributed by atoms with Gasteiger partial charge in [0, 0.05) is 26.2 Å². The molecular weight excluding hydrogens is 418 g/mol. The van der Waals surface area contributed by atoms with Crippen LogP contribution in [0, 0.1) is 13.8 Å². The first-order valence-corrected chi connectivity index (χ1v) is 11.3. The van der Waals surface area contributed by atoms with Gasteiger partial charge in [0.1, 0.15) is 18.1 Å². The maximum absolute atomic E-state index is 12.4. The maximum Gasteiger partial charge on any atom is 0.224 e. The Bertz CT molecular complexity index is 1010. The number of hydrogen-bond acceptors (Lipinski definition) is 6. The Balaban J connectivity index is 1.19. The first kappa shape index (κ1) is 23.0. The lowest BCUT2D eigenvalue weighted by Gasteiger charge is -2.33. The topological polar surface area (TPSA) is 76.8 Å². The van der Waals surface area contributed by atoms with Gasteiger partial charge in [-0.2, -0.15) is 0 Å². The van der Waals surface area contributed by atoms with Crippen molar-refractivity contribution in [3.63, 3.8) is 0 Å². The van der Waals surface area contributed by atoms with E-state index in [1.165, 1.54) is 5.56 Å². The number of morpholine rings is 1. The van der Waals surface area contributed by atoms with Crippen molar-refractivity contribution in [3.8, 4) is 5.75 Å². The summed E-state index contributed by atoms with van der Waals surface area (Å²) in [7, 11) is 0. The minimum Gasteiger partial charge on any atom is -0.489 e. The number of benzene rings is 2. The number of nitrogens with one attached hydrogen (secondary N) is 1. The molecule has 174 valence electrons. The Kier molecular flexibility index (Phi) is 7.75. The van der Waals surface area contributed by atoms with Gasteiger partial charge >= 0.3 is 0 Å². The lowest BCUT2D eigenvalue weighted by Crippen LogP contribution is -2.47. The van der Waals surface area contributed by atoms with Crippen molar-refractivity contribution in [2.75, 3.05) is 26.2 Å². The highest BCUT2D eigenvalue weighted by atomic mass is 16.5. The summed E-state index contributed by atoms with van der Waals surface area (Å²) in [6.07, 6.45) is 0.330. The molecule has 7 nitrogen and oxygen atoms in total. The zero-order valence-electron chi connectivity index (χ0n) is 19.3. The average molecular weight is 450 g/mol. The average Bonchev–Trinajstić information content (AvgIpc) is 3.15. The van der Waals surface area contributed by atoms with Crippen LogP contribution in [0.15, 0.2) is 59.1 Å². The summed E-state index contributed by atoms with van der Waals surface area (Å²) in [6.45, 7) is 8.00. The van der Waals surface area contributed by atoms with E-state index in [-0.39, 0.29) is 12.0 Å². The summed E-state index contributed by atoms with van der Waals surface area (Å²) < 4.78 is 16.8. The Morgan fingerprint density at radius 3 is 2.64 bits per heavy atom. The fourth-order valence-electron chi connectivity index (χ4n) is 3.93. The summed E-state index contributed by atoms with van der Waals surface area (Å²) in [4.78, 5) is 14.8. The molecule has 0 radical (unpaired) electrons. The third kappa shape index (κ3) is 6.66. The van der Waals surface area contributed by atoms with E-state index in [1.54, 1.807) is 0 Å². The molecule has 1 saturated heterocycles. The van der Waals surface area contributed by atoms with Crippen molar-refractivity contribution >= 4 is 5.91 Å². The van der Waals surface area contributed by atoms with Crippen LogP contribution in [-0.4, -0.2) is 48.3 Å². The van der Waals surface area contributed by atoms with Gasteiger partial charge in [-0.25, -0.2) is 0 Å². The van der Waals surface area contributed by atoms with Gasteiger partial charge in [0.25, 0.3) is 0 Å². The SMILES string of the molecule is Cc1noc(C)c1COc1ccc(CC(=O)NCC2CN(Cc3ccccc3)CCO2)cc1. The van der Waals surface area contributed by atoms with Gasteiger partial charge in [-0.3, -0.25) is 9.69 Å². The molecular formula is C26H31N3O4. The van der Waals surface area contributed by atoms with Gasteiger partial charge in [-0.1, -0.05) is 47.6 Å². The number of carbonyl (C=O) groups excluding carboxylic acids is 1. The largest absolute Gasteiger partial charge is 0.489 e. The van der Waals surface area contributed by atoms with E-state index in [4.69, 9.17) is 14.0 Å². The fraction of sp³-hybridized carbons (Fsp3) is 0.385. The van der Waals surface area contributed by atoms with Crippen LogP contribution in [-0.2, 0) is 29.1 Å². The Hall–Kier alpha value is -3.16. The number of aromatic nitrogens is 1. The van der Waals surface area contributed by atoms with E-state index in [1.807, 2.05) is 44.2 Å². The predicted molar refractivity (Wildman–Crippen MR) is 125 cm³/mol. The van der Waals surface area contributed by atoms with Crippen molar-refractivity contribution < 1.29 is 18.8 Å². The number of aryl methyl sites for hydroxylation is 2. The van der Waals surface area contributed by atoms with Crippen molar-refractivity contribution in [1.82, 2.24) is 15.4 Å². The Morgan fingerprint density at radius 1 is 1.12 bits per heavy atom. The van der Waals surface area contributed by atoms with Gasteiger partial charge in [0.15, 0.2) is 0 Å². The highest BCUT2D eigenvalue weighted by Crippen LogP contribution is 2.18. The van der Waals surface area contributed by atoms with Crippen LogP contribution in [0.5, 0.6) is 5.75 Å². The Morgan fingerprint density at radius 2 is 1.91 bits per heavy atom. The second-order valence-electron chi connectivity index (χ2n) is 8.43. The molecule has 0 aliphatic carbocycles. The van der Waals surface area contributed by atoms with E-state index in [9.17, 15) is 4.79 Å². The van der Waals surface area contributed by atoms with Gasteiger partial charge in [0.2, 0.25) is 5.91 Å². The molecule has 33 heavy (non-hydrogen) atoms. The molecule has 0 spiro atoms. The second kappa shape index (κ2) is 11.1. The molecule has 2 aromatic carbocycles. The van der Waals surface area contributed by atoms with Gasteiger partial charge in [-0.05, 0) is 37.1 Å². The van der Waals surface area contributed by atoms with Crippen LogP contribution in [0.4, 0.5) is 0 Å². The summed E-state index contributed by atoms with van der Waals surface area (Å²) in [5, 5.41) is 6.95. The summed E-state index contributed by atoms with van der Waals surface area (Å²) in [5.74, 6) is 1.50. The highest BCUT2D eigenvalue weighted by molar-refractivity contribution is 5.78. The first-order valence-electron chi connectivity index (χ1n) is 11.3. The number of nitrogens with zero attached hydrogens (tertiary/aromatic N) is 2. The third-order valence-corrected chi connectivity index (χ3v) is 5.85. The van der Waals surface area contributed by atoms with Crippen LogP contribution in [0.1, 0.15) is 28.1 Å². The zero-order valence-corrected chi connectivity index (χ0v) is 19.3. The monoisotopic (exact) mass is 449 g/mol. The van der Waals surface area contributed by atoms with Crippen molar-refractivity contribution in [2.24, 2.45) is 0 Å². The van der Waals surface area contributed by atoms with Gasteiger partial charge in [0.05, 0.1) is 30.4 Å². The molecule has 0 saturated carbocycles. The molecule has 1 N–H and O–H groups in total. The lowest BCUT2D eigenvalue weighted by molar-refractivity contribution is -0.121. The molecule has 1 aromatic heterocycles. The van der Waals surface area contributed by atoms with E-state index in [2.05, 4.69) is 39.6 Å². The highest BCUT2D eigenvalue weighted by Gasteiger charge is 2.21. The number of hydrogen-bond donors (Lipinski definition) is 1. The number of amides is 1. The molecule has 1 aliphatic heterocycles. The van der Waals surface area contributed by atoms with Gasteiger partial charge in [-0.15, -0.1) is 0 Å². The zero-order chi connectivity index (χ0) is 23.0. The molecule has 2 heterocycles. The molecule has 1 aliphatic rings. The number of carbonyl (C=O) groups is 1. The number of ether oxygens (including phenoxy) is 2. The van der Waals surface area contributed by atoms with Gasteiger partial charge < -0.3 is 19.3 Å². The fourth-order valence-corrected chi connectivity index (χ4v) is 3.93. The maximum atomic E-state index is 12.4. The number of rotatable bonds is 9. The van der Waals surface area contributed by atoms with E-state index >= 15 is 0 Å². The van der Waals surface area contributed by atoms with Crippen LogP contribution in [0.3, 0.4) is 0 Å². The summed E-state index contributed by atoms with van der Waals surface area (Å²) in [6, 6.07) is 18.0. The second-order valence-corrected chi connectivity index (χ2v) is 8.43. The molecule has 1 atom stereocenters. The van der Waals surface area contributed by atoms with Crippen LogP contribution >= 0.6 is 0 Å². The van der Waals surface area contributed by atoms with Crippen LogP contribution in [0.25, 0.3) is 0 Å². The van der Waals surface area contributed by atoms with Crippen LogP contribution in [0.2, 0.25) is 0 Å². The molecule has 1 fully saturated rings. The Labute approximate surface area is 194 Å². The predicted octanol–water partition coefficient (Wildman–Crippen LogP) is 3.43. The molecule has 0 bridgehead atoms. The molecule has 3 aromatic rings. The molecule has 4 rings (SSSR count). The van der Waals surface area contributed by atoms with Crippen molar-refractivity contribution in [3.05, 3.63) is 82.7 Å². The van der Waals surface area contributed by atoms with E-state index in [0.29, 0.717) is 26.2 Å². The first-order chi connectivity index (χ1) is 16.1. The van der Waals surface area contributed by atoms with E-state index in [0.717, 1.165) is 48.0 Å². The van der Waals surface area contributed by atoms with Crippen LogP contribution < -0.4 is 10.1 Å².